The quantitative estimate of drug-likeness (QED) is 0.682. The number of rotatable bonds is 7. The third kappa shape index (κ3) is 6.97. The van der Waals surface area contributed by atoms with Crippen molar-refractivity contribution in [3.63, 3.8) is 0 Å². The molecular weight excluding hydrogens is 407 g/mol. The Kier molecular flexibility index (Phi) is 7.92. The van der Waals surface area contributed by atoms with Gasteiger partial charge in [-0.05, 0) is 42.7 Å². The van der Waals surface area contributed by atoms with Crippen molar-refractivity contribution in [3.8, 4) is 0 Å². The first-order valence-corrected chi connectivity index (χ1v) is 10.4. The molecule has 1 fully saturated rings. The Hall–Kier alpha value is -2.58. The Morgan fingerprint density at radius 3 is 2.58 bits per heavy atom. The van der Waals surface area contributed by atoms with E-state index in [9.17, 15) is 18.0 Å². The van der Waals surface area contributed by atoms with Crippen molar-refractivity contribution in [2.45, 2.75) is 26.1 Å². The summed E-state index contributed by atoms with van der Waals surface area (Å²) in [5.74, 6) is 0. The average Bonchev–Trinajstić information content (AvgIpc) is 2.75. The molecule has 0 spiro atoms. The minimum Gasteiger partial charge on any atom is -0.379 e. The molecule has 5 nitrogen and oxygen atoms in total. The van der Waals surface area contributed by atoms with E-state index < -0.39 is 17.8 Å². The molecule has 168 valence electrons. The number of nitrogens with one attached hydrogen (secondary N) is 1. The number of urea groups is 1. The van der Waals surface area contributed by atoms with E-state index >= 15 is 0 Å². The number of anilines is 1. The van der Waals surface area contributed by atoms with Gasteiger partial charge in [-0.1, -0.05) is 30.3 Å². The van der Waals surface area contributed by atoms with Gasteiger partial charge in [0.2, 0.25) is 0 Å². The number of hydrogen-bond acceptors (Lipinski definition) is 3. The van der Waals surface area contributed by atoms with Gasteiger partial charge in [0.25, 0.3) is 0 Å². The minimum atomic E-state index is -4.46. The van der Waals surface area contributed by atoms with E-state index in [-0.39, 0.29) is 5.69 Å². The van der Waals surface area contributed by atoms with Crippen molar-refractivity contribution in [3.05, 3.63) is 65.2 Å². The fraction of sp³-hybridized carbons (Fsp3) is 0.435. The number of ether oxygens (including phenoxy) is 1. The maximum absolute atomic E-state index is 13.0. The maximum Gasteiger partial charge on any atom is 0.416 e. The van der Waals surface area contributed by atoms with Gasteiger partial charge in [-0.2, -0.15) is 13.2 Å². The van der Waals surface area contributed by atoms with Crippen molar-refractivity contribution in [1.82, 2.24) is 9.80 Å². The summed E-state index contributed by atoms with van der Waals surface area (Å²) in [4.78, 5) is 16.9. The molecule has 2 aromatic carbocycles. The second kappa shape index (κ2) is 10.6. The lowest BCUT2D eigenvalue weighted by molar-refractivity contribution is -0.137. The normalized spacial score (nSPS) is 15.0. The first-order valence-electron chi connectivity index (χ1n) is 10.4. The highest BCUT2D eigenvalue weighted by Gasteiger charge is 2.30. The standard InChI is InChI=1S/C23H28F3N3O2/c1-18-6-2-3-7-19(18)17-29(11-5-10-28-12-14-31-15-13-28)22(30)27-21-9-4-8-20(16-21)23(24,25)26/h2-4,6-9,16H,5,10-15,17H2,1H3,(H,27,30). The first-order chi connectivity index (χ1) is 14.8. The highest BCUT2D eigenvalue weighted by molar-refractivity contribution is 5.89. The molecule has 3 rings (SSSR count). The van der Waals surface area contributed by atoms with Gasteiger partial charge in [0.1, 0.15) is 0 Å². The summed E-state index contributed by atoms with van der Waals surface area (Å²) in [7, 11) is 0. The van der Waals surface area contributed by atoms with Gasteiger partial charge < -0.3 is 15.0 Å². The fourth-order valence-electron chi connectivity index (χ4n) is 3.53. The molecule has 8 heteroatoms. The molecule has 1 aliphatic rings. The van der Waals surface area contributed by atoms with Crippen LogP contribution in [0.4, 0.5) is 23.7 Å². The number of halogens is 3. The predicted octanol–water partition coefficient (Wildman–Crippen LogP) is 4.77. The lowest BCUT2D eigenvalue weighted by Gasteiger charge is -2.29. The highest BCUT2D eigenvalue weighted by Crippen LogP contribution is 2.30. The van der Waals surface area contributed by atoms with Gasteiger partial charge in [-0.25, -0.2) is 4.79 Å². The highest BCUT2D eigenvalue weighted by atomic mass is 19.4. The number of morpholine rings is 1. The molecule has 0 aromatic heterocycles. The Bertz CT molecular complexity index is 867. The van der Waals surface area contributed by atoms with Crippen molar-refractivity contribution >= 4 is 11.7 Å². The smallest absolute Gasteiger partial charge is 0.379 e. The number of alkyl halides is 3. The molecule has 1 N–H and O–H groups in total. The summed E-state index contributed by atoms with van der Waals surface area (Å²) in [5.41, 5.74) is 1.41. The van der Waals surface area contributed by atoms with Crippen LogP contribution in [0.25, 0.3) is 0 Å². The zero-order valence-corrected chi connectivity index (χ0v) is 17.6. The summed E-state index contributed by atoms with van der Waals surface area (Å²) in [6.07, 6.45) is -3.69. The van der Waals surface area contributed by atoms with Crippen LogP contribution in [0.3, 0.4) is 0 Å². The summed E-state index contributed by atoms with van der Waals surface area (Å²) in [5, 5.41) is 2.64. The SMILES string of the molecule is Cc1ccccc1CN(CCCN1CCOCC1)C(=O)Nc1cccc(C(F)(F)F)c1. The second-order valence-corrected chi connectivity index (χ2v) is 7.66. The number of carbonyl (C=O) groups is 1. The van der Waals surface area contributed by atoms with Gasteiger partial charge in [-0.15, -0.1) is 0 Å². The van der Waals surface area contributed by atoms with Crippen LogP contribution in [0.2, 0.25) is 0 Å². The number of carbonyl (C=O) groups excluding carboxylic acids is 1. The molecule has 0 radical (unpaired) electrons. The van der Waals surface area contributed by atoms with Crippen molar-refractivity contribution in [1.29, 1.82) is 0 Å². The second-order valence-electron chi connectivity index (χ2n) is 7.66. The third-order valence-electron chi connectivity index (χ3n) is 5.36. The van der Waals surface area contributed by atoms with Gasteiger partial charge in [0, 0.05) is 38.4 Å². The fourth-order valence-corrected chi connectivity index (χ4v) is 3.53. The maximum atomic E-state index is 13.0. The third-order valence-corrected chi connectivity index (χ3v) is 5.36. The van der Waals surface area contributed by atoms with Crippen LogP contribution in [0.15, 0.2) is 48.5 Å². The van der Waals surface area contributed by atoms with Crippen molar-refractivity contribution < 1.29 is 22.7 Å². The molecule has 2 aromatic rings. The lowest BCUT2D eigenvalue weighted by atomic mass is 10.1. The zero-order valence-electron chi connectivity index (χ0n) is 17.6. The Balaban J connectivity index is 1.68. The van der Waals surface area contributed by atoms with Gasteiger partial charge >= 0.3 is 12.2 Å². The van der Waals surface area contributed by atoms with Crippen LogP contribution in [0.5, 0.6) is 0 Å². The molecule has 1 aliphatic heterocycles. The summed E-state index contributed by atoms with van der Waals surface area (Å²) in [6, 6.07) is 12.1. The van der Waals surface area contributed by atoms with E-state index in [4.69, 9.17) is 4.74 Å². The van der Waals surface area contributed by atoms with Crippen molar-refractivity contribution in [2.75, 3.05) is 44.7 Å². The summed E-state index contributed by atoms with van der Waals surface area (Å²) >= 11 is 0. The summed E-state index contributed by atoms with van der Waals surface area (Å²) in [6.45, 7) is 6.86. The molecule has 31 heavy (non-hydrogen) atoms. The van der Waals surface area contributed by atoms with E-state index in [0.717, 1.165) is 49.3 Å². The van der Waals surface area contributed by atoms with Gasteiger partial charge in [-0.3, -0.25) is 4.90 Å². The monoisotopic (exact) mass is 435 g/mol. The van der Waals surface area contributed by atoms with Crippen LogP contribution in [0.1, 0.15) is 23.1 Å². The minimum absolute atomic E-state index is 0.128. The molecule has 0 atom stereocenters. The predicted molar refractivity (Wildman–Crippen MR) is 114 cm³/mol. The average molecular weight is 435 g/mol. The van der Waals surface area contributed by atoms with Crippen LogP contribution in [-0.4, -0.2) is 55.2 Å². The first kappa shape index (κ1) is 23.1. The number of nitrogens with zero attached hydrogens (tertiary/aromatic N) is 2. The molecule has 0 saturated carbocycles. The lowest BCUT2D eigenvalue weighted by Crippen LogP contribution is -2.40. The molecular formula is C23H28F3N3O2. The van der Waals surface area contributed by atoms with Crippen LogP contribution in [0, 0.1) is 6.92 Å². The number of amides is 2. The van der Waals surface area contributed by atoms with E-state index in [2.05, 4.69) is 10.2 Å². The molecule has 1 saturated heterocycles. The number of aryl methyl sites for hydroxylation is 1. The molecule has 0 unspecified atom stereocenters. The van der Waals surface area contributed by atoms with Crippen molar-refractivity contribution in [2.24, 2.45) is 0 Å². The largest absolute Gasteiger partial charge is 0.416 e. The van der Waals surface area contributed by atoms with Crippen LogP contribution < -0.4 is 5.32 Å². The topological polar surface area (TPSA) is 44.8 Å². The van der Waals surface area contributed by atoms with E-state index in [1.54, 1.807) is 4.90 Å². The molecule has 0 aliphatic carbocycles. The Labute approximate surface area is 180 Å². The molecule has 0 bridgehead atoms. The van der Waals surface area contributed by atoms with Gasteiger partial charge in [0.05, 0.1) is 18.8 Å². The Morgan fingerprint density at radius 2 is 1.87 bits per heavy atom. The summed E-state index contributed by atoms with van der Waals surface area (Å²) < 4.78 is 44.4. The van der Waals surface area contributed by atoms with E-state index in [0.29, 0.717) is 26.3 Å². The van der Waals surface area contributed by atoms with E-state index in [1.807, 2.05) is 31.2 Å². The number of benzene rings is 2. The number of hydrogen-bond donors (Lipinski definition) is 1. The molecule has 1 heterocycles. The van der Waals surface area contributed by atoms with Crippen LogP contribution >= 0.6 is 0 Å². The van der Waals surface area contributed by atoms with Crippen LogP contribution in [-0.2, 0) is 17.5 Å². The molecule has 2 amide bonds. The van der Waals surface area contributed by atoms with E-state index in [1.165, 1.54) is 12.1 Å². The van der Waals surface area contributed by atoms with Gasteiger partial charge in [0.15, 0.2) is 0 Å². The zero-order chi connectivity index (χ0) is 22.3. The Morgan fingerprint density at radius 1 is 1.13 bits per heavy atom.